The molecule has 0 spiro atoms. The van der Waals surface area contributed by atoms with E-state index in [2.05, 4.69) is 10.5 Å². The molecule has 2 aromatic carbocycles. The van der Waals surface area contributed by atoms with Gasteiger partial charge >= 0.3 is 5.97 Å². The Hall–Kier alpha value is -4.21. The minimum atomic E-state index is -0.686. The van der Waals surface area contributed by atoms with Crippen LogP contribution in [0.5, 0.6) is 23.0 Å². The molecule has 3 aromatic rings. The fraction of sp³-hybridized carbons (Fsp3) is 0.292. The lowest BCUT2D eigenvalue weighted by Crippen LogP contribution is -2.21. The summed E-state index contributed by atoms with van der Waals surface area (Å²) in [6.07, 6.45) is 0. The van der Waals surface area contributed by atoms with E-state index in [-0.39, 0.29) is 12.2 Å². The van der Waals surface area contributed by atoms with Crippen LogP contribution in [-0.2, 0) is 16.1 Å². The maximum Gasteiger partial charge on any atom is 0.338 e. The van der Waals surface area contributed by atoms with Gasteiger partial charge in [0, 0.05) is 23.9 Å². The van der Waals surface area contributed by atoms with Crippen molar-refractivity contribution in [2.75, 3.05) is 33.3 Å². The molecule has 1 N–H and O–H groups in total. The van der Waals surface area contributed by atoms with Crippen LogP contribution in [0.15, 0.2) is 40.9 Å². The summed E-state index contributed by atoms with van der Waals surface area (Å²) in [5, 5.41) is 6.53. The Kier molecular flexibility index (Phi) is 7.96. The largest absolute Gasteiger partial charge is 0.497 e. The zero-order valence-corrected chi connectivity index (χ0v) is 19.6. The van der Waals surface area contributed by atoms with Crippen molar-refractivity contribution in [1.29, 1.82) is 0 Å². The molecule has 0 aliphatic carbocycles. The zero-order valence-electron chi connectivity index (χ0n) is 19.6. The van der Waals surface area contributed by atoms with Crippen LogP contribution in [0.1, 0.15) is 27.4 Å². The van der Waals surface area contributed by atoms with Gasteiger partial charge in [0.1, 0.15) is 23.9 Å². The van der Waals surface area contributed by atoms with Gasteiger partial charge in [-0.3, -0.25) is 4.79 Å². The molecule has 0 saturated carbocycles. The Morgan fingerprint density at radius 2 is 1.65 bits per heavy atom. The van der Waals surface area contributed by atoms with E-state index in [9.17, 15) is 9.59 Å². The quantitative estimate of drug-likeness (QED) is 0.443. The number of nitrogens with zero attached hydrogens (tertiary/aromatic N) is 1. The fourth-order valence-corrected chi connectivity index (χ4v) is 3.06. The third-order valence-corrected chi connectivity index (χ3v) is 4.92. The van der Waals surface area contributed by atoms with Gasteiger partial charge in [-0.1, -0.05) is 5.16 Å². The van der Waals surface area contributed by atoms with Gasteiger partial charge in [-0.05, 0) is 32.0 Å². The number of esters is 1. The molecule has 1 heterocycles. The molecule has 1 amide bonds. The van der Waals surface area contributed by atoms with Crippen molar-refractivity contribution >= 4 is 17.6 Å². The Morgan fingerprint density at radius 1 is 0.941 bits per heavy atom. The third-order valence-electron chi connectivity index (χ3n) is 4.92. The first kappa shape index (κ1) is 24.4. The van der Waals surface area contributed by atoms with Gasteiger partial charge in [-0.15, -0.1) is 0 Å². The molecule has 0 fully saturated rings. The molecule has 180 valence electrons. The van der Waals surface area contributed by atoms with Gasteiger partial charge in [-0.25, -0.2) is 4.79 Å². The van der Waals surface area contributed by atoms with E-state index in [1.807, 2.05) is 6.92 Å². The fourth-order valence-electron chi connectivity index (χ4n) is 3.06. The number of carbonyl (C=O) groups excluding carboxylic acids is 2. The van der Waals surface area contributed by atoms with Crippen molar-refractivity contribution in [1.82, 2.24) is 5.16 Å². The van der Waals surface area contributed by atoms with E-state index in [0.717, 1.165) is 11.3 Å². The topological polar surface area (TPSA) is 118 Å². The summed E-state index contributed by atoms with van der Waals surface area (Å²) in [7, 11) is 4.47. The molecule has 3 rings (SSSR count). The number of amides is 1. The van der Waals surface area contributed by atoms with E-state index < -0.39 is 18.5 Å². The van der Waals surface area contributed by atoms with Crippen molar-refractivity contribution in [3.05, 3.63) is 59.0 Å². The number of benzene rings is 2. The molecule has 0 unspecified atom stereocenters. The predicted octanol–water partition coefficient (Wildman–Crippen LogP) is 3.69. The van der Waals surface area contributed by atoms with Crippen molar-refractivity contribution in [2.45, 2.75) is 20.5 Å². The second kappa shape index (κ2) is 11.1. The normalized spacial score (nSPS) is 10.4. The number of aryl methyl sites for hydroxylation is 2. The number of ether oxygens (including phenoxy) is 5. The summed E-state index contributed by atoms with van der Waals surface area (Å²) in [6.45, 7) is 3.38. The lowest BCUT2D eigenvalue weighted by Gasteiger charge is -2.12. The van der Waals surface area contributed by atoms with Crippen molar-refractivity contribution in [2.24, 2.45) is 0 Å². The van der Waals surface area contributed by atoms with Gasteiger partial charge in [0.25, 0.3) is 5.91 Å². The van der Waals surface area contributed by atoms with Crippen LogP contribution in [0.3, 0.4) is 0 Å². The van der Waals surface area contributed by atoms with Crippen LogP contribution < -0.4 is 24.3 Å². The molecule has 0 atom stereocenters. The number of anilines is 1. The van der Waals surface area contributed by atoms with Crippen LogP contribution in [0.2, 0.25) is 0 Å². The van der Waals surface area contributed by atoms with Crippen LogP contribution in [0.4, 0.5) is 5.69 Å². The average Bonchev–Trinajstić information content (AvgIpc) is 3.17. The molecule has 0 radical (unpaired) electrons. The summed E-state index contributed by atoms with van der Waals surface area (Å²) >= 11 is 0. The lowest BCUT2D eigenvalue weighted by atomic mass is 10.2. The van der Waals surface area contributed by atoms with Gasteiger partial charge in [-0.2, -0.15) is 0 Å². The molecular weight excluding hydrogens is 444 g/mol. The van der Waals surface area contributed by atoms with Crippen molar-refractivity contribution < 1.29 is 37.8 Å². The smallest absolute Gasteiger partial charge is 0.338 e. The monoisotopic (exact) mass is 470 g/mol. The predicted molar refractivity (Wildman–Crippen MR) is 122 cm³/mol. The maximum atomic E-state index is 12.5. The Morgan fingerprint density at radius 3 is 2.24 bits per heavy atom. The second-order valence-corrected chi connectivity index (χ2v) is 7.18. The van der Waals surface area contributed by atoms with E-state index in [0.29, 0.717) is 34.4 Å². The minimum Gasteiger partial charge on any atom is -0.497 e. The third kappa shape index (κ3) is 5.97. The number of carbonyl (C=O) groups is 2. The van der Waals surface area contributed by atoms with Crippen molar-refractivity contribution in [3.63, 3.8) is 0 Å². The van der Waals surface area contributed by atoms with E-state index in [1.54, 1.807) is 31.2 Å². The van der Waals surface area contributed by atoms with Crippen LogP contribution in [0.25, 0.3) is 0 Å². The summed E-state index contributed by atoms with van der Waals surface area (Å²) in [6, 6.07) is 9.51. The minimum absolute atomic E-state index is 0.206. The number of hydrogen-bond donors (Lipinski definition) is 1. The number of rotatable bonds is 10. The molecule has 1 aromatic heterocycles. The molecule has 0 aliphatic heterocycles. The molecule has 34 heavy (non-hydrogen) atoms. The van der Waals surface area contributed by atoms with Gasteiger partial charge < -0.3 is 33.5 Å². The first-order chi connectivity index (χ1) is 16.3. The van der Waals surface area contributed by atoms with Gasteiger partial charge in [0.2, 0.25) is 0 Å². The van der Waals surface area contributed by atoms with Gasteiger partial charge in [0.15, 0.2) is 18.1 Å². The molecule has 10 nitrogen and oxygen atoms in total. The Labute approximate surface area is 196 Å². The van der Waals surface area contributed by atoms with Crippen molar-refractivity contribution in [3.8, 4) is 23.0 Å². The van der Waals surface area contributed by atoms with E-state index in [1.165, 1.54) is 33.5 Å². The summed E-state index contributed by atoms with van der Waals surface area (Å²) in [5.41, 5.74) is 2.23. The average molecular weight is 470 g/mol. The highest BCUT2D eigenvalue weighted by atomic mass is 16.5. The summed E-state index contributed by atoms with van der Waals surface area (Å²) < 4.78 is 31.8. The SMILES string of the molecule is COc1cc(NC(=O)COC(=O)c2ccc(OCc3c(C)noc3C)c(OC)c2)cc(OC)c1. The molecular formula is C24H26N2O8. The van der Waals surface area contributed by atoms with Crippen LogP contribution in [0, 0.1) is 13.8 Å². The molecule has 10 heteroatoms. The second-order valence-electron chi connectivity index (χ2n) is 7.18. The van der Waals surface area contributed by atoms with Gasteiger partial charge in [0.05, 0.1) is 38.2 Å². The molecule has 0 bridgehead atoms. The Balaban J connectivity index is 1.59. The van der Waals surface area contributed by atoms with Crippen LogP contribution >= 0.6 is 0 Å². The maximum absolute atomic E-state index is 12.5. The van der Waals surface area contributed by atoms with Crippen LogP contribution in [-0.4, -0.2) is 45.0 Å². The summed E-state index contributed by atoms with van der Waals surface area (Å²) in [4.78, 5) is 24.7. The standard InChI is InChI=1S/C24H26N2O8/c1-14-20(15(2)34-26-14)12-32-21-7-6-16(8-22(21)31-5)24(28)33-13-23(27)25-17-9-18(29-3)11-19(10-17)30-4/h6-11H,12-13H2,1-5H3,(H,25,27). The van der Waals surface area contributed by atoms with E-state index in [4.69, 9.17) is 28.2 Å². The first-order valence-electron chi connectivity index (χ1n) is 10.3. The highest BCUT2D eigenvalue weighted by Gasteiger charge is 2.16. The molecule has 0 saturated heterocycles. The highest BCUT2D eigenvalue weighted by Crippen LogP contribution is 2.30. The first-order valence-corrected chi connectivity index (χ1v) is 10.3. The van der Waals surface area contributed by atoms with E-state index >= 15 is 0 Å². The molecule has 0 aliphatic rings. The number of aromatic nitrogens is 1. The highest BCUT2D eigenvalue weighted by molar-refractivity contribution is 5.96. The number of hydrogen-bond acceptors (Lipinski definition) is 9. The lowest BCUT2D eigenvalue weighted by molar-refractivity contribution is -0.119. The Bertz CT molecular complexity index is 1130. The summed E-state index contributed by atoms with van der Waals surface area (Å²) in [5.74, 6) is 1.26. The number of methoxy groups -OCH3 is 3. The zero-order chi connectivity index (χ0) is 24.7. The number of nitrogens with one attached hydrogen (secondary N) is 1.